The minimum atomic E-state index is -0.133. The van der Waals surface area contributed by atoms with Crippen LogP contribution in [0.25, 0.3) is 10.9 Å². The van der Waals surface area contributed by atoms with Gasteiger partial charge in [-0.05, 0) is 55.8 Å². The van der Waals surface area contributed by atoms with E-state index in [1.54, 1.807) is 13.2 Å². The maximum absolute atomic E-state index is 12.8. The summed E-state index contributed by atoms with van der Waals surface area (Å²) in [7, 11) is 1.67. The summed E-state index contributed by atoms with van der Waals surface area (Å²) in [6.45, 7) is 2.67. The van der Waals surface area contributed by atoms with Crippen molar-refractivity contribution in [2.45, 2.75) is 25.3 Å². The first kappa shape index (κ1) is 19.4. The number of rotatable bonds is 6. The number of para-hydroxylation sites is 1. The van der Waals surface area contributed by atoms with E-state index in [0.29, 0.717) is 12.2 Å². The van der Waals surface area contributed by atoms with Gasteiger partial charge in [-0.2, -0.15) is 0 Å². The molecule has 1 aromatic heterocycles. The molecule has 29 heavy (non-hydrogen) atoms. The van der Waals surface area contributed by atoms with Crippen molar-refractivity contribution in [1.82, 2.24) is 15.2 Å². The van der Waals surface area contributed by atoms with Crippen LogP contribution in [0.5, 0.6) is 5.75 Å². The van der Waals surface area contributed by atoms with Crippen LogP contribution in [-0.2, 0) is 0 Å². The fraction of sp³-hybridized carbons (Fsp3) is 0.333. The van der Waals surface area contributed by atoms with Gasteiger partial charge in [0, 0.05) is 11.9 Å². The number of carbonyl (C=O) groups excluding carboxylic acids is 1. The second-order valence-corrected chi connectivity index (χ2v) is 7.48. The zero-order valence-electron chi connectivity index (χ0n) is 16.8. The number of piperidine rings is 1. The largest absolute Gasteiger partial charge is 0.497 e. The predicted octanol–water partition coefficient (Wildman–Crippen LogP) is 4.20. The van der Waals surface area contributed by atoms with Gasteiger partial charge in [0.2, 0.25) is 0 Å². The molecule has 2 aromatic carbocycles. The van der Waals surface area contributed by atoms with E-state index in [4.69, 9.17) is 4.74 Å². The number of nitrogens with zero attached hydrogens (tertiary/aromatic N) is 2. The lowest BCUT2D eigenvalue weighted by Crippen LogP contribution is -2.40. The maximum Gasteiger partial charge on any atom is 0.269 e. The topological polar surface area (TPSA) is 54.5 Å². The van der Waals surface area contributed by atoms with E-state index in [-0.39, 0.29) is 11.9 Å². The Labute approximate surface area is 171 Å². The van der Waals surface area contributed by atoms with Crippen molar-refractivity contribution in [1.29, 1.82) is 0 Å². The number of ether oxygens (including phenoxy) is 1. The normalized spacial score (nSPS) is 15.8. The highest BCUT2D eigenvalue weighted by Gasteiger charge is 2.23. The van der Waals surface area contributed by atoms with E-state index in [1.807, 2.05) is 42.5 Å². The summed E-state index contributed by atoms with van der Waals surface area (Å²) in [5.41, 5.74) is 2.48. The van der Waals surface area contributed by atoms with Crippen LogP contribution in [0.15, 0.2) is 60.7 Å². The molecule has 1 atom stereocenters. The van der Waals surface area contributed by atoms with Crippen molar-refractivity contribution in [3.05, 3.63) is 71.9 Å². The molecule has 150 valence electrons. The smallest absolute Gasteiger partial charge is 0.269 e. The number of fused-ring (bicyclic) bond motifs is 1. The minimum Gasteiger partial charge on any atom is -0.497 e. The fourth-order valence-electron chi connectivity index (χ4n) is 3.99. The molecule has 3 aromatic rings. The lowest BCUT2D eigenvalue weighted by molar-refractivity contribution is 0.0920. The Balaban J connectivity index is 1.50. The molecule has 1 fully saturated rings. The van der Waals surface area contributed by atoms with Gasteiger partial charge in [-0.1, -0.05) is 42.8 Å². The van der Waals surface area contributed by atoms with Crippen LogP contribution in [0.2, 0.25) is 0 Å². The number of carbonyl (C=O) groups is 1. The number of aromatic nitrogens is 1. The molecule has 1 aliphatic rings. The van der Waals surface area contributed by atoms with E-state index >= 15 is 0 Å². The van der Waals surface area contributed by atoms with Crippen molar-refractivity contribution < 1.29 is 9.53 Å². The zero-order chi connectivity index (χ0) is 20.1. The van der Waals surface area contributed by atoms with E-state index in [9.17, 15) is 4.79 Å². The van der Waals surface area contributed by atoms with Crippen LogP contribution in [0, 0.1) is 0 Å². The van der Waals surface area contributed by atoms with Crippen LogP contribution in [0.3, 0.4) is 0 Å². The Kier molecular flexibility index (Phi) is 6.06. The Morgan fingerprint density at radius 3 is 2.55 bits per heavy atom. The second kappa shape index (κ2) is 9.05. The number of methoxy groups -OCH3 is 1. The first-order chi connectivity index (χ1) is 14.2. The summed E-state index contributed by atoms with van der Waals surface area (Å²) in [4.78, 5) is 19.8. The molecule has 5 heteroatoms. The van der Waals surface area contributed by atoms with E-state index in [0.717, 1.165) is 29.7 Å². The van der Waals surface area contributed by atoms with Gasteiger partial charge in [-0.15, -0.1) is 0 Å². The average molecular weight is 389 g/mol. The molecule has 1 amide bonds. The monoisotopic (exact) mass is 389 g/mol. The third kappa shape index (κ3) is 4.57. The SMILES string of the molecule is COc1ccc([C@H](CNC(=O)c2ccc3ccccc3n2)N2CCCCC2)cc1. The van der Waals surface area contributed by atoms with Crippen LogP contribution < -0.4 is 10.1 Å². The molecule has 0 aliphatic carbocycles. The molecule has 5 nitrogen and oxygen atoms in total. The van der Waals surface area contributed by atoms with Gasteiger partial charge in [0.25, 0.3) is 5.91 Å². The molecule has 2 heterocycles. The number of hydrogen-bond donors (Lipinski definition) is 1. The van der Waals surface area contributed by atoms with Crippen molar-refractivity contribution in [3.8, 4) is 5.75 Å². The van der Waals surface area contributed by atoms with E-state index < -0.39 is 0 Å². The molecule has 0 spiro atoms. The van der Waals surface area contributed by atoms with Crippen molar-refractivity contribution >= 4 is 16.8 Å². The molecule has 0 radical (unpaired) electrons. The Bertz CT molecular complexity index is 965. The molecule has 0 unspecified atom stereocenters. The third-order valence-electron chi connectivity index (χ3n) is 5.62. The van der Waals surface area contributed by atoms with Gasteiger partial charge in [-0.25, -0.2) is 4.98 Å². The highest BCUT2D eigenvalue weighted by molar-refractivity contribution is 5.94. The lowest BCUT2D eigenvalue weighted by atomic mass is 10.0. The van der Waals surface area contributed by atoms with Crippen LogP contribution in [0.1, 0.15) is 41.4 Å². The zero-order valence-corrected chi connectivity index (χ0v) is 16.8. The molecular weight excluding hydrogens is 362 g/mol. The molecule has 1 N–H and O–H groups in total. The van der Waals surface area contributed by atoms with Crippen LogP contribution in [0.4, 0.5) is 0 Å². The van der Waals surface area contributed by atoms with Crippen LogP contribution >= 0.6 is 0 Å². The highest BCUT2D eigenvalue weighted by Crippen LogP contribution is 2.26. The molecule has 1 aliphatic heterocycles. The number of benzene rings is 2. The molecule has 0 bridgehead atoms. The fourth-order valence-corrected chi connectivity index (χ4v) is 3.99. The van der Waals surface area contributed by atoms with Crippen LogP contribution in [-0.4, -0.2) is 42.5 Å². The van der Waals surface area contributed by atoms with Crippen molar-refractivity contribution in [2.24, 2.45) is 0 Å². The maximum atomic E-state index is 12.8. The number of nitrogens with one attached hydrogen (secondary N) is 1. The quantitative estimate of drug-likeness (QED) is 0.686. The summed E-state index contributed by atoms with van der Waals surface area (Å²) in [6, 6.07) is 19.9. The summed E-state index contributed by atoms with van der Waals surface area (Å²) >= 11 is 0. The summed E-state index contributed by atoms with van der Waals surface area (Å²) in [6.07, 6.45) is 3.68. The van der Waals surface area contributed by atoms with Crippen molar-refractivity contribution in [2.75, 3.05) is 26.7 Å². The molecule has 4 rings (SSSR count). The number of pyridine rings is 1. The lowest BCUT2D eigenvalue weighted by Gasteiger charge is -2.35. The van der Waals surface area contributed by atoms with Crippen molar-refractivity contribution in [3.63, 3.8) is 0 Å². The summed E-state index contributed by atoms with van der Waals surface area (Å²) in [5, 5.41) is 4.15. The molecular formula is C24H27N3O2. The van der Waals surface area contributed by atoms with E-state index in [1.165, 1.54) is 24.8 Å². The first-order valence-electron chi connectivity index (χ1n) is 10.3. The third-order valence-corrected chi connectivity index (χ3v) is 5.62. The predicted molar refractivity (Wildman–Crippen MR) is 115 cm³/mol. The number of amides is 1. The highest BCUT2D eigenvalue weighted by atomic mass is 16.5. The Hall–Kier alpha value is -2.92. The Morgan fingerprint density at radius 2 is 1.79 bits per heavy atom. The average Bonchev–Trinajstić information content (AvgIpc) is 2.80. The van der Waals surface area contributed by atoms with E-state index in [2.05, 4.69) is 27.3 Å². The summed E-state index contributed by atoms with van der Waals surface area (Å²) in [5.74, 6) is 0.710. The van der Waals surface area contributed by atoms with Gasteiger partial charge in [-0.3, -0.25) is 9.69 Å². The van der Waals surface area contributed by atoms with Gasteiger partial charge in [0.05, 0.1) is 18.7 Å². The molecule has 1 saturated heterocycles. The Morgan fingerprint density at radius 1 is 1.03 bits per heavy atom. The van der Waals surface area contributed by atoms with Gasteiger partial charge in [0.1, 0.15) is 11.4 Å². The molecule has 0 saturated carbocycles. The number of hydrogen-bond acceptors (Lipinski definition) is 4. The first-order valence-corrected chi connectivity index (χ1v) is 10.3. The summed E-state index contributed by atoms with van der Waals surface area (Å²) < 4.78 is 5.29. The van der Waals surface area contributed by atoms with Gasteiger partial charge >= 0.3 is 0 Å². The van der Waals surface area contributed by atoms with Gasteiger partial charge in [0.15, 0.2) is 0 Å². The van der Waals surface area contributed by atoms with Gasteiger partial charge < -0.3 is 10.1 Å². The second-order valence-electron chi connectivity index (χ2n) is 7.48. The standard InChI is InChI=1S/C24H27N3O2/c1-29-20-12-9-19(10-13-20)23(27-15-5-2-6-16-27)17-25-24(28)22-14-11-18-7-3-4-8-21(18)26-22/h3-4,7-14,23H,2,5-6,15-17H2,1H3,(H,25,28)/t23-/m0/s1. The number of likely N-dealkylation sites (tertiary alicyclic amines) is 1. The minimum absolute atomic E-state index is 0.133.